The van der Waals surface area contributed by atoms with Crippen LogP contribution >= 0.6 is 0 Å². The van der Waals surface area contributed by atoms with E-state index in [1.165, 1.54) is 5.56 Å². The van der Waals surface area contributed by atoms with E-state index in [0.29, 0.717) is 18.6 Å². The average Bonchev–Trinajstić information content (AvgIpc) is 2.80. The zero-order valence-electron chi connectivity index (χ0n) is 19.9. The molecule has 0 radical (unpaired) electrons. The number of ether oxygens (including phenoxy) is 2. The van der Waals surface area contributed by atoms with Gasteiger partial charge in [0.1, 0.15) is 11.4 Å². The number of rotatable bonds is 8. The summed E-state index contributed by atoms with van der Waals surface area (Å²) in [5.41, 5.74) is 1.23. The van der Waals surface area contributed by atoms with Crippen molar-refractivity contribution in [3.63, 3.8) is 0 Å². The molecule has 0 saturated carbocycles. The van der Waals surface area contributed by atoms with Gasteiger partial charge in [0.2, 0.25) is 0 Å². The van der Waals surface area contributed by atoms with E-state index in [4.69, 9.17) is 14.7 Å². The van der Waals surface area contributed by atoms with E-state index in [0.717, 1.165) is 38.1 Å². The molecule has 1 atom stereocenters. The number of nitrogens with one attached hydrogen (secondary N) is 1. The first-order valence-corrected chi connectivity index (χ1v) is 11.7. The predicted octanol–water partition coefficient (Wildman–Crippen LogP) is 4.93. The summed E-state index contributed by atoms with van der Waals surface area (Å²) in [6.45, 7) is 7.98. The molecule has 176 valence electrons. The maximum atomic E-state index is 13.4. The molecule has 0 aromatic heterocycles. The minimum Gasteiger partial charge on any atom is -0.494 e. The Morgan fingerprint density at radius 2 is 1.79 bits per heavy atom. The van der Waals surface area contributed by atoms with Gasteiger partial charge in [-0.05, 0) is 83.0 Å². The van der Waals surface area contributed by atoms with Crippen LogP contribution in [-0.2, 0) is 11.2 Å². The highest BCUT2D eigenvalue weighted by molar-refractivity contribution is 5.69. The lowest BCUT2D eigenvalue weighted by Gasteiger charge is -2.41. The van der Waals surface area contributed by atoms with Crippen molar-refractivity contribution in [3.05, 3.63) is 65.7 Å². The zero-order chi connectivity index (χ0) is 23.7. The Balaban J connectivity index is 1.79. The van der Waals surface area contributed by atoms with Crippen LogP contribution in [0, 0.1) is 11.3 Å². The predicted molar refractivity (Wildman–Crippen MR) is 129 cm³/mol. The fourth-order valence-electron chi connectivity index (χ4n) is 4.16. The quantitative estimate of drug-likeness (QED) is 0.619. The fourth-order valence-corrected chi connectivity index (χ4v) is 4.16. The second-order valence-corrected chi connectivity index (χ2v) is 9.49. The Morgan fingerprint density at radius 3 is 2.39 bits per heavy atom. The lowest BCUT2D eigenvalue weighted by atomic mass is 9.97. The second-order valence-electron chi connectivity index (χ2n) is 9.49. The topological polar surface area (TPSA) is 74.6 Å². The normalized spacial score (nSPS) is 15.3. The number of carbonyl (C=O) groups is 1. The van der Waals surface area contributed by atoms with Crippen LogP contribution in [0.3, 0.4) is 0 Å². The number of nitriles is 1. The molecule has 1 N–H and O–H groups in total. The van der Waals surface area contributed by atoms with Gasteiger partial charge in [-0.15, -0.1) is 0 Å². The molecule has 1 unspecified atom stereocenters. The Bertz CT molecular complexity index is 910. The Morgan fingerprint density at radius 1 is 1.12 bits per heavy atom. The van der Waals surface area contributed by atoms with Gasteiger partial charge < -0.3 is 19.7 Å². The van der Waals surface area contributed by atoms with E-state index in [2.05, 4.69) is 23.5 Å². The molecule has 1 amide bonds. The molecule has 1 saturated heterocycles. The van der Waals surface area contributed by atoms with Gasteiger partial charge >= 0.3 is 6.09 Å². The van der Waals surface area contributed by atoms with E-state index >= 15 is 0 Å². The second kappa shape index (κ2) is 11.7. The lowest BCUT2D eigenvalue weighted by molar-refractivity contribution is -0.00161. The third-order valence-electron chi connectivity index (χ3n) is 5.72. The third kappa shape index (κ3) is 7.80. The molecule has 0 bridgehead atoms. The minimum atomic E-state index is -0.557. The van der Waals surface area contributed by atoms with E-state index in [-0.39, 0.29) is 18.2 Å². The van der Waals surface area contributed by atoms with Crippen molar-refractivity contribution in [2.45, 2.75) is 64.1 Å². The summed E-state index contributed by atoms with van der Waals surface area (Å²) in [6, 6.07) is 19.6. The highest BCUT2D eigenvalue weighted by Gasteiger charge is 2.34. The summed E-state index contributed by atoms with van der Waals surface area (Å²) in [6.07, 6.45) is 2.97. The summed E-state index contributed by atoms with van der Waals surface area (Å²) >= 11 is 0. The van der Waals surface area contributed by atoms with Gasteiger partial charge in [0.05, 0.1) is 18.2 Å². The Labute approximate surface area is 197 Å². The van der Waals surface area contributed by atoms with E-state index in [1.54, 1.807) is 12.1 Å². The highest BCUT2D eigenvalue weighted by Crippen LogP contribution is 2.24. The van der Waals surface area contributed by atoms with E-state index < -0.39 is 5.60 Å². The van der Waals surface area contributed by atoms with Gasteiger partial charge in [-0.1, -0.05) is 30.3 Å². The number of nitrogens with zero attached hydrogens (tertiary/aromatic N) is 2. The first-order chi connectivity index (χ1) is 15.9. The molecule has 1 aliphatic heterocycles. The molecule has 1 fully saturated rings. The zero-order valence-corrected chi connectivity index (χ0v) is 19.9. The van der Waals surface area contributed by atoms with Crippen molar-refractivity contribution in [1.82, 2.24) is 10.2 Å². The number of hydrogen-bond donors (Lipinski definition) is 1. The van der Waals surface area contributed by atoms with E-state index in [1.807, 2.05) is 56.0 Å². The van der Waals surface area contributed by atoms with Crippen molar-refractivity contribution in [2.75, 3.05) is 19.7 Å². The van der Waals surface area contributed by atoms with Gasteiger partial charge in [-0.2, -0.15) is 5.26 Å². The summed E-state index contributed by atoms with van der Waals surface area (Å²) in [5.74, 6) is 0.721. The number of piperidine rings is 1. The Kier molecular flexibility index (Phi) is 8.73. The molecule has 6 nitrogen and oxygen atoms in total. The molecule has 2 aromatic carbocycles. The van der Waals surface area contributed by atoms with Crippen LogP contribution in [0.4, 0.5) is 4.79 Å². The van der Waals surface area contributed by atoms with Crippen LogP contribution in [0.1, 0.15) is 51.2 Å². The van der Waals surface area contributed by atoms with Gasteiger partial charge in [-0.25, -0.2) is 4.79 Å². The summed E-state index contributed by atoms with van der Waals surface area (Å²) < 4.78 is 11.8. The van der Waals surface area contributed by atoms with Gasteiger partial charge in [-0.3, -0.25) is 0 Å². The van der Waals surface area contributed by atoms with Crippen molar-refractivity contribution in [2.24, 2.45) is 0 Å². The van der Waals surface area contributed by atoms with Crippen molar-refractivity contribution in [3.8, 4) is 11.8 Å². The monoisotopic (exact) mass is 449 g/mol. The summed E-state index contributed by atoms with van der Waals surface area (Å²) in [5, 5.41) is 12.4. The van der Waals surface area contributed by atoms with Crippen molar-refractivity contribution in [1.29, 1.82) is 5.26 Å². The SMILES string of the molecule is CC(C)(C)OC(=O)N(C1CCNCC1)C(CCOc1ccc(C#N)cc1)Cc1ccccc1. The summed E-state index contributed by atoms with van der Waals surface area (Å²) in [4.78, 5) is 15.4. The van der Waals surface area contributed by atoms with Crippen LogP contribution in [0.5, 0.6) is 5.75 Å². The smallest absolute Gasteiger partial charge is 0.410 e. The molecule has 6 heteroatoms. The van der Waals surface area contributed by atoms with Crippen LogP contribution in [0.25, 0.3) is 0 Å². The highest BCUT2D eigenvalue weighted by atomic mass is 16.6. The number of amides is 1. The minimum absolute atomic E-state index is 0.0521. The molecular weight excluding hydrogens is 414 g/mol. The van der Waals surface area contributed by atoms with E-state index in [9.17, 15) is 4.79 Å². The molecule has 2 aromatic rings. The number of carbonyl (C=O) groups excluding carboxylic acids is 1. The maximum Gasteiger partial charge on any atom is 0.410 e. The molecule has 0 aliphatic carbocycles. The number of hydrogen-bond acceptors (Lipinski definition) is 5. The maximum absolute atomic E-state index is 13.4. The Hall–Kier alpha value is -3.04. The van der Waals surface area contributed by atoms with Crippen molar-refractivity contribution < 1.29 is 14.3 Å². The first-order valence-electron chi connectivity index (χ1n) is 11.7. The van der Waals surface area contributed by atoms with Gasteiger partial charge in [0, 0.05) is 18.5 Å². The molecule has 0 spiro atoms. The number of benzene rings is 2. The first kappa shape index (κ1) is 24.6. The molecule has 1 heterocycles. The average molecular weight is 450 g/mol. The standard InChI is InChI=1S/C27H35N3O3/c1-27(2,3)33-26(31)30(23-13-16-29-17-14-23)24(19-21-7-5-4-6-8-21)15-18-32-25-11-9-22(20-28)10-12-25/h4-12,23-24,29H,13-19H2,1-3H3. The molecular formula is C27H35N3O3. The molecule has 1 aliphatic rings. The van der Waals surface area contributed by atoms with Gasteiger partial charge in [0.25, 0.3) is 0 Å². The van der Waals surface area contributed by atoms with Crippen molar-refractivity contribution >= 4 is 6.09 Å². The molecule has 3 rings (SSSR count). The van der Waals surface area contributed by atoms with Gasteiger partial charge in [0.15, 0.2) is 0 Å². The van der Waals surface area contributed by atoms with Crippen LogP contribution in [0.2, 0.25) is 0 Å². The van der Waals surface area contributed by atoms with Crippen LogP contribution < -0.4 is 10.1 Å². The summed E-state index contributed by atoms with van der Waals surface area (Å²) in [7, 11) is 0. The lowest BCUT2D eigenvalue weighted by Crippen LogP contribution is -2.53. The van der Waals surface area contributed by atoms with Crippen LogP contribution in [0.15, 0.2) is 54.6 Å². The third-order valence-corrected chi connectivity index (χ3v) is 5.72. The molecule has 33 heavy (non-hydrogen) atoms. The largest absolute Gasteiger partial charge is 0.494 e. The van der Waals surface area contributed by atoms with Crippen LogP contribution in [-0.4, -0.2) is 48.4 Å². The fraction of sp³-hybridized carbons (Fsp3) is 0.481.